The van der Waals surface area contributed by atoms with Crippen LogP contribution in [0.25, 0.3) is 0 Å². The number of rotatable bonds is 5. The number of carbonyl (C=O) groups is 1. The topological polar surface area (TPSA) is 41.1 Å². The first kappa shape index (κ1) is 18.2. The summed E-state index contributed by atoms with van der Waals surface area (Å²) in [5.74, 6) is -0.0498. The van der Waals surface area contributed by atoms with Crippen molar-refractivity contribution in [1.29, 1.82) is 0 Å². The summed E-state index contributed by atoms with van der Waals surface area (Å²) >= 11 is 0. The fourth-order valence-electron chi connectivity index (χ4n) is 2.39. The standard InChI is InChI=1S/C18H22N2O.ClH/c1-4-19-12-15-9-6-10-16(11-15)20-18(21)17-13(2)7-5-8-14(17)3;/h5-11,19H,4,12H2,1-3H3,(H,20,21);1H. The molecular formula is C18H23ClN2O. The van der Waals surface area contributed by atoms with Gasteiger partial charge in [-0.2, -0.15) is 0 Å². The van der Waals surface area contributed by atoms with Gasteiger partial charge in [-0.15, -0.1) is 12.4 Å². The van der Waals surface area contributed by atoms with Crippen molar-refractivity contribution in [3.05, 3.63) is 64.7 Å². The van der Waals surface area contributed by atoms with Crippen molar-refractivity contribution in [3.63, 3.8) is 0 Å². The molecular weight excluding hydrogens is 296 g/mol. The van der Waals surface area contributed by atoms with Crippen molar-refractivity contribution in [2.45, 2.75) is 27.3 Å². The first-order valence-corrected chi connectivity index (χ1v) is 7.29. The second-order valence-corrected chi connectivity index (χ2v) is 5.20. The lowest BCUT2D eigenvalue weighted by Crippen LogP contribution is -2.16. The minimum absolute atomic E-state index is 0. The van der Waals surface area contributed by atoms with Crippen molar-refractivity contribution >= 4 is 24.0 Å². The number of hydrogen-bond donors (Lipinski definition) is 2. The van der Waals surface area contributed by atoms with Crippen molar-refractivity contribution in [3.8, 4) is 0 Å². The van der Waals surface area contributed by atoms with Crippen molar-refractivity contribution in [1.82, 2.24) is 5.32 Å². The van der Waals surface area contributed by atoms with Crippen LogP contribution in [-0.2, 0) is 6.54 Å². The minimum atomic E-state index is -0.0498. The highest BCUT2D eigenvalue weighted by molar-refractivity contribution is 6.06. The highest BCUT2D eigenvalue weighted by Gasteiger charge is 2.12. The first-order chi connectivity index (χ1) is 10.1. The molecule has 2 aromatic carbocycles. The monoisotopic (exact) mass is 318 g/mol. The van der Waals surface area contributed by atoms with Crippen LogP contribution in [0.4, 0.5) is 5.69 Å². The Bertz CT molecular complexity index is 620. The van der Waals surface area contributed by atoms with E-state index in [1.165, 1.54) is 0 Å². The van der Waals surface area contributed by atoms with E-state index in [9.17, 15) is 4.79 Å². The van der Waals surface area contributed by atoms with E-state index in [-0.39, 0.29) is 18.3 Å². The van der Waals surface area contributed by atoms with Gasteiger partial charge in [-0.05, 0) is 49.2 Å². The fraction of sp³-hybridized carbons (Fsp3) is 0.278. The highest BCUT2D eigenvalue weighted by Crippen LogP contribution is 2.17. The van der Waals surface area contributed by atoms with E-state index in [1.807, 2.05) is 50.2 Å². The molecule has 0 aliphatic rings. The number of aryl methyl sites for hydroxylation is 2. The summed E-state index contributed by atoms with van der Waals surface area (Å²) in [6.45, 7) is 7.74. The lowest BCUT2D eigenvalue weighted by Gasteiger charge is -2.11. The molecule has 0 aliphatic heterocycles. The zero-order chi connectivity index (χ0) is 15.2. The predicted molar refractivity (Wildman–Crippen MR) is 94.9 cm³/mol. The third-order valence-electron chi connectivity index (χ3n) is 3.47. The molecule has 22 heavy (non-hydrogen) atoms. The molecule has 0 spiro atoms. The maximum Gasteiger partial charge on any atom is 0.256 e. The van der Waals surface area contributed by atoms with Crippen LogP contribution >= 0.6 is 12.4 Å². The molecule has 0 bridgehead atoms. The van der Waals surface area contributed by atoms with E-state index >= 15 is 0 Å². The molecule has 0 unspecified atom stereocenters. The summed E-state index contributed by atoms with van der Waals surface area (Å²) in [7, 11) is 0. The number of benzene rings is 2. The number of nitrogens with one attached hydrogen (secondary N) is 2. The van der Waals surface area contributed by atoms with Crippen molar-refractivity contribution in [2.75, 3.05) is 11.9 Å². The quantitative estimate of drug-likeness (QED) is 0.872. The highest BCUT2D eigenvalue weighted by atomic mass is 35.5. The van der Waals surface area contributed by atoms with Gasteiger partial charge in [0, 0.05) is 17.8 Å². The van der Waals surface area contributed by atoms with E-state index in [4.69, 9.17) is 0 Å². The molecule has 4 heteroatoms. The second kappa shape index (κ2) is 8.57. The molecule has 2 aromatic rings. The molecule has 0 saturated carbocycles. The van der Waals surface area contributed by atoms with Crippen LogP contribution in [0.5, 0.6) is 0 Å². The van der Waals surface area contributed by atoms with E-state index in [0.717, 1.165) is 41.0 Å². The van der Waals surface area contributed by atoms with Crippen LogP contribution in [-0.4, -0.2) is 12.5 Å². The number of halogens is 1. The number of hydrogen-bond acceptors (Lipinski definition) is 2. The fourth-order valence-corrected chi connectivity index (χ4v) is 2.39. The Morgan fingerprint density at radius 1 is 1.05 bits per heavy atom. The molecule has 0 saturated heterocycles. The summed E-state index contributed by atoms with van der Waals surface area (Å²) < 4.78 is 0. The lowest BCUT2D eigenvalue weighted by molar-refractivity contribution is 0.102. The molecule has 0 atom stereocenters. The Morgan fingerprint density at radius 2 is 1.68 bits per heavy atom. The zero-order valence-corrected chi connectivity index (χ0v) is 14.1. The molecule has 118 valence electrons. The van der Waals surface area contributed by atoms with Gasteiger partial charge in [0.1, 0.15) is 0 Å². The van der Waals surface area contributed by atoms with Gasteiger partial charge in [-0.3, -0.25) is 4.79 Å². The number of anilines is 1. The van der Waals surface area contributed by atoms with Crippen molar-refractivity contribution < 1.29 is 4.79 Å². The van der Waals surface area contributed by atoms with E-state index in [0.29, 0.717) is 0 Å². The maximum absolute atomic E-state index is 12.5. The summed E-state index contributed by atoms with van der Waals surface area (Å²) in [4.78, 5) is 12.5. The van der Waals surface area contributed by atoms with Crippen LogP contribution in [0.3, 0.4) is 0 Å². The predicted octanol–water partition coefficient (Wildman–Crippen LogP) is 4.09. The third kappa shape index (κ3) is 4.58. The van der Waals surface area contributed by atoms with E-state index < -0.39 is 0 Å². The van der Waals surface area contributed by atoms with Crippen molar-refractivity contribution in [2.24, 2.45) is 0 Å². The van der Waals surface area contributed by atoms with Gasteiger partial charge in [0.2, 0.25) is 0 Å². The van der Waals surface area contributed by atoms with Crippen LogP contribution in [0.15, 0.2) is 42.5 Å². The SMILES string of the molecule is CCNCc1cccc(NC(=O)c2c(C)cccc2C)c1.Cl. The van der Waals surface area contributed by atoms with Crippen LogP contribution in [0.2, 0.25) is 0 Å². The molecule has 0 aliphatic carbocycles. The van der Waals surface area contributed by atoms with Crippen LogP contribution in [0.1, 0.15) is 34.0 Å². The molecule has 0 radical (unpaired) electrons. The Labute approximate surface area is 138 Å². The van der Waals surface area contributed by atoms with Gasteiger partial charge in [0.25, 0.3) is 5.91 Å². The molecule has 0 fully saturated rings. The number of amides is 1. The summed E-state index contributed by atoms with van der Waals surface area (Å²) in [6.07, 6.45) is 0. The van der Waals surface area contributed by atoms with Gasteiger partial charge in [0.05, 0.1) is 0 Å². The zero-order valence-electron chi connectivity index (χ0n) is 13.3. The summed E-state index contributed by atoms with van der Waals surface area (Å²) in [5, 5.41) is 6.27. The van der Waals surface area contributed by atoms with Gasteiger partial charge in [0.15, 0.2) is 0 Å². The third-order valence-corrected chi connectivity index (χ3v) is 3.47. The number of carbonyl (C=O) groups excluding carboxylic acids is 1. The minimum Gasteiger partial charge on any atom is -0.322 e. The lowest BCUT2D eigenvalue weighted by atomic mass is 10.0. The maximum atomic E-state index is 12.5. The summed E-state index contributed by atoms with van der Waals surface area (Å²) in [6, 6.07) is 13.8. The average molecular weight is 319 g/mol. The Morgan fingerprint density at radius 3 is 2.32 bits per heavy atom. The Balaban J connectivity index is 0.00000242. The molecule has 0 heterocycles. The van der Waals surface area contributed by atoms with Crippen LogP contribution < -0.4 is 10.6 Å². The summed E-state index contributed by atoms with van der Waals surface area (Å²) in [5.41, 5.74) is 4.75. The Hall–Kier alpha value is -1.84. The normalized spacial score (nSPS) is 9.95. The van der Waals surface area contributed by atoms with Gasteiger partial charge >= 0.3 is 0 Å². The smallest absolute Gasteiger partial charge is 0.256 e. The van der Waals surface area contributed by atoms with Gasteiger partial charge < -0.3 is 10.6 Å². The Kier molecular flexibility index (Phi) is 7.09. The molecule has 1 amide bonds. The van der Waals surface area contributed by atoms with E-state index in [1.54, 1.807) is 0 Å². The average Bonchev–Trinajstić information content (AvgIpc) is 2.45. The van der Waals surface area contributed by atoms with Gasteiger partial charge in [-0.25, -0.2) is 0 Å². The molecule has 0 aromatic heterocycles. The second-order valence-electron chi connectivity index (χ2n) is 5.20. The largest absolute Gasteiger partial charge is 0.322 e. The van der Waals surface area contributed by atoms with E-state index in [2.05, 4.69) is 23.6 Å². The molecule has 2 N–H and O–H groups in total. The first-order valence-electron chi connectivity index (χ1n) is 7.29. The van der Waals surface area contributed by atoms with Crippen LogP contribution in [0, 0.1) is 13.8 Å². The molecule has 3 nitrogen and oxygen atoms in total. The van der Waals surface area contributed by atoms with Gasteiger partial charge in [-0.1, -0.05) is 37.3 Å². The molecule has 2 rings (SSSR count).